The summed E-state index contributed by atoms with van der Waals surface area (Å²) in [7, 11) is 0. The number of fused-ring (bicyclic) bond motifs is 1. The summed E-state index contributed by atoms with van der Waals surface area (Å²) in [5.74, 6) is 0.349. The Morgan fingerprint density at radius 2 is 1.78 bits per heavy atom. The maximum Gasteiger partial charge on any atom is 0.339 e. The van der Waals surface area contributed by atoms with Crippen LogP contribution in [-0.2, 0) is 6.61 Å². The first-order chi connectivity index (χ1) is 13.1. The van der Waals surface area contributed by atoms with Crippen molar-refractivity contribution in [1.29, 1.82) is 0 Å². The molecule has 0 spiro atoms. The van der Waals surface area contributed by atoms with E-state index in [1.54, 1.807) is 0 Å². The number of carboxylic acid groups (broad SMARTS) is 1. The summed E-state index contributed by atoms with van der Waals surface area (Å²) >= 11 is 0. The highest BCUT2D eigenvalue weighted by Gasteiger charge is 2.14. The molecule has 0 amide bonds. The third kappa shape index (κ3) is 3.50. The second kappa shape index (κ2) is 6.92. The van der Waals surface area contributed by atoms with Crippen LogP contribution in [0.3, 0.4) is 0 Å². The molecule has 27 heavy (non-hydrogen) atoms. The summed E-state index contributed by atoms with van der Waals surface area (Å²) in [5, 5.41) is 18.7. The van der Waals surface area contributed by atoms with Crippen LogP contribution < -0.4 is 14.2 Å². The van der Waals surface area contributed by atoms with Crippen LogP contribution in [0.4, 0.5) is 0 Å². The Morgan fingerprint density at radius 3 is 2.59 bits per heavy atom. The van der Waals surface area contributed by atoms with Gasteiger partial charge in [-0.05, 0) is 47.0 Å². The average molecular weight is 364 g/mol. The van der Waals surface area contributed by atoms with Gasteiger partial charge in [-0.2, -0.15) is 0 Å². The summed E-state index contributed by atoms with van der Waals surface area (Å²) in [6, 6.07) is 17.8. The molecular weight excluding hydrogens is 348 g/mol. The third-order valence-electron chi connectivity index (χ3n) is 4.24. The van der Waals surface area contributed by atoms with Crippen LogP contribution in [0.5, 0.6) is 23.0 Å². The third-order valence-corrected chi connectivity index (χ3v) is 4.24. The van der Waals surface area contributed by atoms with E-state index in [1.165, 1.54) is 18.2 Å². The fourth-order valence-electron chi connectivity index (χ4n) is 2.87. The van der Waals surface area contributed by atoms with E-state index in [4.69, 9.17) is 19.3 Å². The monoisotopic (exact) mass is 364 g/mol. The van der Waals surface area contributed by atoms with Gasteiger partial charge in [0.2, 0.25) is 6.79 Å². The summed E-state index contributed by atoms with van der Waals surface area (Å²) < 4.78 is 16.4. The number of hydrogen-bond acceptors (Lipinski definition) is 5. The fourth-order valence-corrected chi connectivity index (χ4v) is 2.87. The van der Waals surface area contributed by atoms with Crippen molar-refractivity contribution in [1.82, 2.24) is 0 Å². The second-order valence-electron chi connectivity index (χ2n) is 6.04. The number of rotatable bonds is 5. The van der Waals surface area contributed by atoms with Crippen LogP contribution in [0.2, 0.25) is 0 Å². The molecule has 0 radical (unpaired) electrons. The molecule has 1 heterocycles. The lowest BCUT2D eigenvalue weighted by Gasteiger charge is -2.10. The molecule has 0 saturated carbocycles. The van der Waals surface area contributed by atoms with Crippen molar-refractivity contribution in [2.45, 2.75) is 6.61 Å². The number of aromatic hydroxyl groups is 1. The van der Waals surface area contributed by atoms with Gasteiger partial charge >= 0.3 is 5.97 Å². The quantitative estimate of drug-likeness (QED) is 0.710. The molecule has 0 bridgehead atoms. The van der Waals surface area contributed by atoms with Gasteiger partial charge in [-0.25, -0.2) is 4.79 Å². The van der Waals surface area contributed by atoms with E-state index in [9.17, 15) is 9.90 Å². The molecule has 0 aliphatic carbocycles. The molecule has 4 rings (SSSR count). The maximum atomic E-state index is 10.9. The Hall–Kier alpha value is -3.67. The molecule has 0 fully saturated rings. The summed E-state index contributed by atoms with van der Waals surface area (Å²) in [5.41, 5.74) is 2.79. The topological polar surface area (TPSA) is 85.2 Å². The Labute approximate surface area is 155 Å². The van der Waals surface area contributed by atoms with E-state index in [-0.39, 0.29) is 24.7 Å². The smallest absolute Gasteiger partial charge is 0.339 e. The Balaban J connectivity index is 1.50. The lowest BCUT2D eigenvalue weighted by atomic mass is 10.0. The molecule has 0 saturated heterocycles. The average Bonchev–Trinajstić information content (AvgIpc) is 3.14. The maximum absolute atomic E-state index is 10.9. The van der Waals surface area contributed by atoms with Crippen molar-refractivity contribution >= 4 is 5.97 Å². The Bertz CT molecular complexity index is 1010. The van der Waals surface area contributed by atoms with E-state index < -0.39 is 5.97 Å². The molecule has 136 valence electrons. The first-order valence-electron chi connectivity index (χ1n) is 8.28. The Morgan fingerprint density at radius 1 is 0.963 bits per heavy atom. The minimum atomic E-state index is -1.18. The number of carboxylic acids is 1. The normalized spacial score (nSPS) is 12.0. The molecule has 0 aromatic heterocycles. The second-order valence-corrected chi connectivity index (χ2v) is 6.04. The molecule has 2 N–H and O–H groups in total. The molecule has 3 aromatic carbocycles. The zero-order chi connectivity index (χ0) is 18.8. The minimum Gasteiger partial charge on any atom is -0.507 e. The van der Waals surface area contributed by atoms with Crippen molar-refractivity contribution in [3.63, 3.8) is 0 Å². The lowest BCUT2D eigenvalue weighted by molar-refractivity contribution is 0.0693. The molecule has 1 aliphatic rings. The van der Waals surface area contributed by atoms with Crippen molar-refractivity contribution in [2.24, 2.45) is 0 Å². The Kier molecular flexibility index (Phi) is 4.30. The van der Waals surface area contributed by atoms with Crippen molar-refractivity contribution in [3.05, 3.63) is 71.8 Å². The van der Waals surface area contributed by atoms with Gasteiger partial charge < -0.3 is 24.4 Å². The first-order valence-corrected chi connectivity index (χ1v) is 8.28. The highest BCUT2D eigenvalue weighted by Crippen LogP contribution is 2.36. The highest BCUT2D eigenvalue weighted by molar-refractivity contribution is 5.90. The van der Waals surface area contributed by atoms with Crippen molar-refractivity contribution < 1.29 is 29.2 Å². The zero-order valence-corrected chi connectivity index (χ0v) is 14.2. The molecular formula is C21H16O6. The van der Waals surface area contributed by atoms with Gasteiger partial charge in [0, 0.05) is 6.07 Å². The van der Waals surface area contributed by atoms with E-state index in [1.807, 2.05) is 42.5 Å². The van der Waals surface area contributed by atoms with Crippen LogP contribution >= 0.6 is 0 Å². The van der Waals surface area contributed by atoms with Crippen LogP contribution in [-0.4, -0.2) is 23.0 Å². The summed E-state index contributed by atoms with van der Waals surface area (Å²) in [6.07, 6.45) is 0. The SMILES string of the molecule is O=C(O)c1ccc(OCc2cccc(-c3ccc4c(c3)OCO4)c2)cc1O. The van der Waals surface area contributed by atoms with E-state index in [0.29, 0.717) is 5.75 Å². The summed E-state index contributed by atoms with van der Waals surface area (Å²) in [4.78, 5) is 10.9. The summed E-state index contributed by atoms with van der Waals surface area (Å²) in [6.45, 7) is 0.518. The lowest BCUT2D eigenvalue weighted by Crippen LogP contribution is -1.99. The van der Waals surface area contributed by atoms with Crippen LogP contribution in [0.15, 0.2) is 60.7 Å². The molecule has 1 aliphatic heterocycles. The van der Waals surface area contributed by atoms with Gasteiger partial charge in [0.1, 0.15) is 23.7 Å². The minimum absolute atomic E-state index is 0.160. The number of benzene rings is 3. The number of carbonyl (C=O) groups is 1. The fraction of sp³-hybridized carbons (Fsp3) is 0.0952. The predicted octanol–water partition coefficient (Wildman–Crippen LogP) is 4.07. The number of phenols is 1. The van der Waals surface area contributed by atoms with Gasteiger partial charge in [-0.15, -0.1) is 0 Å². The van der Waals surface area contributed by atoms with Gasteiger partial charge in [0.15, 0.2) is 11.5 Å². The van der Waals surface area contributed by atoms with Gasteiger partial charge in [0.25, 0.3) is 0 Å². The highest BCUT2D eigenvalue weighted by atomic mass is 16.7. The number of aromatic carboxylic acids is 1. The predicted molar refractivity (Wildman–Crippen MR) is 97.4 cm³/mol. The van der Waals surface area contributed by atoms with E-state index in [2.05, 4.69) is 0 Å². The van der Waals surface area contributed by atoms with E-state index in [0.717, 1.165) is 28.2 Å². The largest absolute Gasteiger partial charge is 0.507 e. The zero-order valence-electron chi connectivity index (χ0n) is 14.2. The molecule has 3 aromatic rings. The van der Waals surface area contributed by atoms with E-state index >= 15 is 0 Å². The molecule has 6 nitrogen and oxygen atoms in total. The standard InChI is InChI=1S/C21H16O6/c22-18-10-16(5-6-17(18)21(23)24)25-11-13-2-1-3-14(8-13)15-4-7-19-20(9-15)27-12-26-19/h1-10,22H,11-12H2,(H,23,24). The van der Waals surface area contributed by atoms with Crippen molar-refractivity contribution in [3.8, 4) is 34.1 Å². The first kappa shape index (κ1) is 16.8. The van der Waals surface area contributed by atoms with Gasteiger partial charge in [0.05, 0.1) is 0 Å². The van der Waals surface area contributed by atoms with Gasteiger partial charge in [-0.3, -0.25) is 0 Å². The van der Waals surface area contributed by atoms with Gasteiger partial charge in [-0.1, -0.05) is 24.3 Å². The molecule has 0 atom stereocenters. The number of ether oxygens (including phenoxy) is 3. The van der Waals surface area contributed by atoms with Crippen LogP contribution in [0.1, 0.15) is 15.9 Å². The van der Waals surface area contributed by atoms with Crippen LogP contribution in [0.25, 0.3) is 11.1 Å². The van der Waals surface area contributed by atoms with Crippen LogP contribution in [0, 0.1) is 0 Å². The molecule has 0 unspecified atom stereocenters. The van der Waals surface area contributed by atoms with Crippen molar-refractivity contribution in [2.75, 3.05) is 6.79 Å². The molecule has 6 heteroatoms. The number of hydrogen-bond donors (Lipinski definition) is 2.